The molecule has 2 aromatic rings. The van der Waals surface area contributed by atoms with Crippen LogP contribution in [0.1, 0.15) is 104 Å². The lowest BCUT2D eigenvalue weighted by Gasteiger charge is -2.26. The van der Waals surface area contributed by atoms with Crippen LogP contribution in [0.5, 0.6) is 0 Å². The second-order valence-corrected chi connectivity index (χ2v) is 11.6. The highest BCUT2D eigenvalue weighted by atomic mass is 32.1. The zero-order valence-corrected chi connectivity index (χ0v) is 21.7. The van der Waals surface area contributed by atoms with Crippen molar-refractivity contribution in [3.05, 3.63) is 45.4 Å². The number of carbonyl (C=O) groups excluding carboxylic acids is 1. The summed E-state index contributed by atoms with van der Waals surface area (Å²) in [5.41, 5.74) is 2.69. The number of carbonyl (C=O) groups is 1. The predicted molar refractivity (Wildman–Crippen MR) is 138 cm³/mol. The Morgan fingerprint density at radius 1 is 1.16 bits per heavy atom. The van der Waals surface area contributed by atoms with Crippen molar-refractivity contribution in [2.75, 3.05) is 0 Å². The van der Waals surface area contributed by atoms with Gasteiger partial charge >= 0.3 is 0 Å². The number of Topliss-reactive ketones (excluding diaryl/α,β-unsaturated/α-hetero) is 1. The van der Waals surface area contributed by atoms with E-state index in [0.29, 0.717) is 11.8 Å². The fraction of sp³-hybridized carbons (Fsp3) is 0.630. The van der Waals surface area contributed by atoms with E-state index in [4.69, 9.17) is 4.98 Å². The molecule has 4 heteroatoms. The van der Waals surface area contributed by atoms with E-state index in [-0.39, 0.29) is 5.78 Å². The SMILES string of the molecule is CCCc1nc(CC2CCCC(C)(CC)CC2)sc1CCCC(=O)c1ccc(P)cc1. The third-order valence-electron chi connectivity index (χ3n) is 7.22. The summed E-state index contributed by atoms with van der Waals surface area (Å²) in [5.74, 6) is 1.05. The van der Waals surface area contributed by atoms with Crippen molar-refractivity contribution >= 4 is 31.7 Å². The van der Waals surface area contributed by atoms with Gasteiger partial charge in [0.1, 0.15) is 0 Å². The highest BCUT2D eigenvalue weighted by molar-refractivity contribution is 7.27. The molecule has 1 saturated carbocycles. The summed E-state index contributed by atoms with van der Waals surface area (Å²) in [4.78, 5) is 19.0. The van der Waals surface area contributed by atoms with Gasteiger partial charge in [-0.25, -0.2) is 4.98 Å². The molecule has 0 amide bonds. The first kappa shape index (κ1) is 24.6. The van der Waals surface area contributed by atoms with Crippen LogP contribution >= 0.6 is 20.6 Å². The molecule has 1 heterocycles. The standard InChI is InChI=1S/C27H40NOPS/c1-4-8-23-25(11-6-10-24(29)21-12-14-22(30)15-13-21)31-26(28-23)19-20-9-7-17-27(3,5-2)18-16-20/h12-15,20H,4-11,16-19,30H2,1-3H3. The second-order valence-electron chi connectivity index (χ2n) is 9.79. The number of thiazole rings is 1. The van der Waals surface area contributed by atoms with Gasteiger partial charge in [-0.05, 0) is 55.2 Å². The van der Waals surface area contributed by atoms with E-state index in [0.717, 1.165) is 48.9 Å². The van der Waals surface area contributed by atoms with E-state index in [1.54, 1.807) is 0 Å². The number of hydrogen-bond donors (Lipinski definition) is 0. The Morgan fingerprint density at radius 3 is 2.65 bits per heavy atom. The lowest BCUT2D eigenvalue weighted by molar-refractivity contribution is 0.0980. The van der Waals surface area contributed by atoms with Crippen LogP contribution in [0, 0.1) is 11.3 Å². The quantitative estimate of drug-likeness (QED) is 0.212. The molecule has 0 bridgehead atoms. The number of nitrogens with zero attached hydrogens (tertiary/aromatic N) is 1. The minimum Gasteiger partial charge on any atom is -0.294 e. The Kier molecular flexibility index (Phi) is 9.29. The van der Waals surface area contributed by atoms with E-state index in [2.05, 4.69) is 30.0 Å². The van der Waals surface area contributed by atoms with E-state index in [1.807, 2.05) is 35.6 Å². The van der Waals surface area contributed by atoms with Crippen molar-refractivity contribution < 1.29 is 4.79 Å². The molecule has 3 unspecified atom stereocenters. The third-order valence-corrected chi connectivity index (χ3v) is 8.78. The smallest absolute Gasteiger partial charge is 0.162 e. The molecule has 2 nitrogen and oxygen atoms in total. The van der Waals surface area contributed by atoms with Gasteiger partial charge in [-0.3, -0.25) is 4.79 Å². The molecule has 0 radical (unpaired) electrons. The normalized spacial score (nSPS) is 21.7. The fourth-order valence-electron chi connectivity index (χ4n) is 4.82. The van der Waals surface area contributed by atoms with Crippen molar-refractivity contribution in [3.63, 3.8) is 0 Å². The molecule has 1 fully saturated rings. The monoisotopic (exact) mass is 457 g/mol. The molecule has 3 atom stereocenters. The molecule has 0 N–H and O–H groups in total. The maximum Gasteiger partial charge on any atom is 0.162 e. The van der Waals surface area contributed by atoms with Crippen molar-refractivity contribution in [2.24, 2.45) is 11.3 Å². The van der Waals surface area contributed by atoms with Gasteiger partial charge in [-0.15, -0.1) is 20.6 Å². The number of benzene rings is 1. The van der Waals surface area contributed by atoms with Crippen LogP contribution in [0.4, 0.5) is 0 Å². The first-order valence-electron chi connectivity index (χ1n) is 12.3. The zero-order valence-electron chi connectivity index (χ0n) is 19.7. The molecular formula is C27H40NOPS. The molecule has 0 saturated heterocycles. The van der Waals surface area contributed by atoms with E-state index < -0.39 is 0 Å². The Hall–Kier alpha value is -1.05. The molecule has 0 spiro atoms. The van der Waals surface area contributed by atoms with Crippen LogP contribution in [0.15, 0.2) is 24.3 Å². The summed E-state index contributed by atoms with van der Waals surface area (Å²) >= 11 is 1.93. The topological polar surface area (TPSA) is 30.0 Å². The minimum atomic E-state index is 0.254. The van der Waals surface area contributed by atoms with E-state index >= 15 is 0 Å². The third kappa shape index (κ3) is 7.22. The average molecular weight is 458 g/mol. The molecule has 3 rings (SSSR count). The van der Waals surface area contributed by atoms with Gasteiger partial charge in [0.2, 0.25) is 0 Å². The van der Waals surface area contributed by atoms with Crippen LogP contribution in [0.3, 0.4) is 0 Å². The van der Waals surface area contributed by atoms with E-state index in [1.165, 1.54) is 54.1 Å². The maximum absolute atomic E-state index is 12.5. The van der Waals surface area contributed by atoms with Crippen LogP contribution < -0.4 is 5.30 Å². The number of aromatic nitrogens is 1. The molecule has 31 heavy (non-hydrogen) atoms. The van der Waals surface area contributed by atoms with Gasteiger partial charge in [0.15, 0.2) is 5.78 Å². The maximum atomic E-state index is 12.5. The van der Waals surface area contributed by atoms with Gasteiger partial charge in [0, 0.05) is 23.3 Å². The molecule has 1 aliphatic carbocycles. The zero-order chi connectivity index (χ0) is 22.3. The van der Waals surface area contributed by atoms with Crippen molar-refractivity contribution in [1.82, 2.24) is 4.98 Å². The molecule has 1 aromatic heterocycles. The summed E-state index contributed by atoms with van der Waals surface area (Å²) in [6, 6.07) is 7.86. The summed E-state index contributed by atoms with van der Waals surface area (Å²) in [7, 11) is 2.67. The van der Waals surface area contributed by atoms with Gasteiger partial charge in [-0.1, -0.05) is 70.7 Å². The Labute approximate surface area is 195 Å². The lowest BCUT2D eigenvalue weighted by Crippen LogP contribution is -2.13. The summed E-state index contributed by atoms with van der Waals surface area (Å²) in [6.07, 6.45) is 14.0. The Bertz CT molecular complexity index is 843. The largest absolute Gasteiger partial charge is 0.294 e. The number of aryl methyl sites for hydroxylation is 2. The second kappa shape index (κ2) is 11.7. The number of ketones is 1. The lowest BCUT2D eigenvalue weighted by atomic mass is 9.80. The Morgan fingerprint density at radius 2 is 1.94 bits per heavy atom. The highest BCUT2D eigenvalue weighted by Gasteiger charge is 2.27. The van der Waals surface area contributed by atoms with Crippen LogP contribution in [0.25, 0.3) is 0 Å². The van der Waals surface area contributed by atoms with Crippen LogP contribution in [0.2, 0.25) is 0 Å². The molecule has 170 valence electrons. The number of hydrogen-bond acceptors (Lipinski definition) is 3. The molecule has 1 aliphatic rings. The molecule has 0 aliphatic heterocycles. The highest BCUT2D eigenvalue weighted by Crippen LogP contribution is 2.40. The van der Waals surface area contributed by atoms with Crippen molar-refractivity contribution in [2.45, 2.75) is 97.8 Å². The molecular weight excluding hydrogens is 417 g/mol. The summed E-state index contributed by atoms with van der Waals surface area (Å²) in [5, 5.41) is 2.46. The summed E-state index contributed by atoms with van der Waals surface area (Å²) in [6.45, 7) is 7.07. The average Bonchev–Trinajstić information content (AvgIpc) is 3.02. The first-order chi connectivity index (χ1) is 14.9. The van der Waals surface area contributed by atoms with E-state index in [9.17, 15) is 4.79 Å². The van der Waals surface area contributed by atoms with Crippen molar-refractivity contribution in [1.29, 1.82) is 0 Å². The van der Waals surface area contributed by atoms with Gasteiger partial charge in [-0.2, -0.15) is 0 Å². The molecule has 1 aromatic carbocycles. The van der Waals surface area contributed by atoms with Crippen LogP contribution in [-0.4, -0.2) is 10.8 Å². The fourth-order valence-corrected chi connectivity index (χ4v) is 6.28. The van der Waals surface area contributed by atoms with Crippen LogP contribution in [-0.2, 0) is 19.3 Å². The Balaban J connectivity index is 1.57. The summed E-state index contributed by atoms with van der Waals surface area (Å²) < 4.78 is 0. The minimum absolute atomic E-state index is 0.254. The van der Waals surface area contributed by atoms with Gasteiger partial charge in [0.05, 0.1) is 10.7 Å². The van der Waals surface area contributed by atoms with Gasteiger partial charge in [0.25, 0.3) is 0 Å². The number of rotatable bonds is 10. The van der Waals surface area contributed by atoms with Gasteiger partial charge < -0.3 is 0 Å². The first-order valence-corrected chi connectivity index (χ1v) is 13.7. The predicted octanol–water partition coefficient (Wildman–Crippen LogP) is 7.34. The van der Waals surface area contributed by atoms with Crippen molar-refractivity contribution in [3.8, 4) is 0 Å².